The highest BCUT2D eigenvalue weighted by Gasteiger charge is 2.22. The van der Waals surface area contributed by atoms with Crippen molar-refractivity contribution >= 4 is 29.2 Å². The van der Waals surface area contributed by atoms with Gasteiger partial charge in [0.15, 0.2) is 11.5 Å². The molecule has 0 unspecified atom stereocenters. The molecule has 6 heteroatoms. The van der Waals surface area contributed by atoms with Crippen molar-refractivity contribution in [1.29, 1.82) is 0 Å². The van der Waals surface area contributed by atoms with Crippen LogP contribution in [0.3, 0.4) is 0 Å². The quantitative estimate of drug-likeness (QED) is 0.883. The highest BCUT2D eigenvalue weighted by molar-refractivity contribution is 7.10. The maximum absolute atomic E-state index is 12.0. The highest BCUT2D eigenvalue weighted by atomic mass is 32.1. The summed E-state index contributed by atoms with van der Waals surface area (Å²) in [5.41, 5.74) is 1.16. The van der Waals surface area contributed by atoms with Crippen molar-refractivity contribution in [3.05, 3.63) is 51.8 Å². The van der Waals surface area contributed by atoms with E-state index in [4.69, 9.17) is 9.47 Å². The summed E-state index contributed by atoms with van der Waals surface area (Å²) >= 11 is 1.56. The fourth-order valence-corrected chi connectivity index (χ4v) is 2.75. The molecule has 0 saturated heterocycles. The van der Waals surface area contributed by atoms with E-state index < -0.39 is 0 Å². The van der Waals surface area contributed by atoms with Gasteiger partial charge in [0.1, 0.15) is 11.5 Å². The SMILES string of the molecule is COc1ccc(C2=N/C(=C/c3cccs3)C(=O)N2)cc1OC. The minimum Gasteiger partial charge on any atom is -0.493 e. The van der Waals surface area contributed by atoms with Crippen LogP contribution in [-0.4, -0.2) is 26.0 Å². The van der Waals surface area contributed by atoms with E-state index in [2.05, 4.69) is 10.3 Å². The Bertz CT molecular complexity index is 764. The number of nitrogens with zero attached hydrogens (tertiary/aromatic N) is 1. The Morgan fingerprint density at radius 2 is 2.00 bits per heavy atom. The van der Waals surface area contributed by atoms with Crippen molar-refractivity contribution in [2.45, 2.75) is 0 Å². The predicted molar refractivity (Wildman–Crippen MR) is 86.5 cm³/mol. The van der Waals surface area contributed by atoms with Crippen LogP contribution in [0.2, 0.25) is 0 Å². The number of aliphatic imine (C=N–C) groups is 1. The average Bonchev–Trinajstić information content (AvgIpc) is 3.17. The molecule has 22 heavy (non-hydrogen) atoms. The van der Waals surface area contributed by atoms with Gasteiger partial charge in [0.2, 0.25) is 0 Å². The van der Waals surface area contributed by atoms with Crippen LogP contribution in [0.25, 0.3) is 6.08 Å². The number of benzene rings is 1. The van der Waals surface area contributed by atoms with Crippen LogP contribution in [0.1, 0.15) is 10.4 Å². The number of amides is 1. The Kier molecular flexibility index (Phi) is 3.93. The van der Waals surface area contributed by atoms with Crippen molar-refractivity contribution in [3.8, 4) is 11.5 Å². The molecule has 0 atom stereocenters. The topological polar surface area (TPSA) is 59.9 Å². The predicted octanol–water partition coefficient (Wildman–Crippen LogP) is 2.68. The first-order chi connectivity index (χ1) is 10.7. The second kappa shape index (κ2) is 6.03. The fraction of sp³-hybridized carbons (Fsp3) is 0.125. The molecule has 1 aromatic carbocycles. The smallest absolute Gasteiger partial charge is 0.275 e. The number of carbonyl (C=O) groups excluding carboxylic acids is 1. The van der Waals surface area contributed by atoms with Crippen LogP contribution < -0.4 is 14.8 Å². The molecule has 0 saturated carbocycles. The van der Waals surface area contributed by atoms with Crippen molar-refractivity contribution < 1.29 is 14.3 Å². The third-order valence-electron chi connectivity index (χ3n) is 3.18. The van der Waals surface area contributed by atoms with Gasteiger partial charge in [0.25, 0.3) is 5.91 Å². The molecule has 5 nitrogen and oxygen atoms in total. The van der Waals surface area contributed by atoms with Crippen LogP contribution in [0.4, 0.5) is 0 Å². The Labute approximate surface area is 131 Å². The van der Waals surface area contributed by atoms with E-state index >= 15 is 0 Å². The van der Waals surface area contributed by atoms with E-state index in [-0.39, 0.29) is 5.91 Å². The molecule has 0 aliphatic carbocycles. The molecule has 2 aromatic rings. The number of rotatable bonds is 4. The molecule has 1 N–H and O–H groups in total. The summed E-state index contributed by atoms with van der Waals surface area (Å²) in [5, 5.41) is 4.73. The van der Waals surface area contributed by atoms with Crippen molar-refractivity contribution in [2.24, 2.45) is 4.99 Å². The first kappa shape index (κ1) is 14.3. The standard InChI is InChI=1S/C16H14N2O3S/c1-20-13-6-5-10(8-14(13)21-2)15-17-12(16(19)18-15)9-11-4-3-7-22-11/h3-9H,1-2H3,(H,17,18,19)/b12-9+. The normalized spacial score (nSPS) is 15.6. The van der Waals surface area contributed by atoms with Crippen LogP contribution in [0.15, 0.2) is 46.4 Å². The van der Waals surface area contributed by atoms with Crippen molar-refractivity contribution in [3.63, 3.8) is 0 Å². The van der Waals surface area contributed by atoms with Crippen LogP contribution >= 0.6 is 11.3 Å². The Morgan fingerprint density at radius 1 is 1.18 bits per heavy atom. The number of thiophene rings is 1. The molecule has 2 heterocycles. The monoisotopic (exact) mass is 314 g/mol. The van der Waals surface area contributed by atoms with Crippen molar-refractivity contribution in [2.75, 3.05) is 14.2 Å². The lowest BCUT2D eigenvalue weighted by Gasteiger charge is -2.09. The first-order valence-corrected chi connectivity index (χ1v) is 7.47. The zero-order valence-electron chi connectivity index (χ0n) is 12.1. The summed E-state index contributed by atoms with van der Waals surface area (Å²) in [5.74, 6) is 1.52. The molecule has 1 aromatic heterocycles. The summed E-state index contributed by atoms with van der Waals surface area (Å²) in [4.78, 5) is 17.4. The molecule has 3 rings (SSSR count). The van der Waals surface area contributed by atoms with Crippen LogP contribution in [-0.2, 0) is 4.79 Å². The molecule has 1 amide bonds. The molecular weight excluding hydrogens is 300 g/mol. The zero-order chi connectivity index (χ0) is 15.5. The lowest BCUT2D eigenvalue weighted by molar-refractivity contribution is -0.115. The minimum atomic E-state index is -0.210. The molecule has 1 aliphatic rings. The molecular formula is C16H14N2O3S. The summed E-state index contributed by atoms with van der Waals surface area (Å²) in [6, 6.07) is 9.27. The third kappa shape index (κ3) is 2.73. The summed E-state index contributed by atoms with van der Waals surface area (Å²) in [7, 11) is 3.15. The number of carbonyl (C=O) groups is 1. The Balaban J connectivity index is 1.94. The van der Waals surface area contributed by atoms with Gasteiger partial charge in [-0.05, 0) is 35.7 Å². The number of amidine groups is 1. The van der Waals surface area contributed by atoms with E-state index in [0.29, 0.717) is 23.0 Å². The Hall–Kier alpha value is -2.60. The van der Waals surface area contributed by atoms with E-state index in [1.165, 1.54) is 0 Å². The second-order valence-electron chi connectivity index (χ2n) is 4.53. The number of nitrogens with one attached hydrogen (secondary N) is 1. The summed E-state index contributed by atoms with van der Waals surface area (Å²) < 4.78 is 10.5. The summed E-state index contributed by atoms with van der Waals surface area (Å²) in [6.45, 7) is 0. The zero-order valence-corrected chi connectivity index (χ0v) is 12.9. The van der Waals surface area contributed by atoms with Gasteiger partial charge in [0, 0.05) is 10.4 Å². The van der Waals surface area contributed by atoms with Gasteiger partial charge >= 0.3 is 0 Å². The van der Waals surface area contributed by atoms with Gasteiger partial charge < -0.3 is 14.8 Å². The Morgan fingerprint density at radius 3 is 2.68 bits per heavy atom. The highest BCUT2D eigenvalue weighted by Crippen LogP contribution is 2.28. The lowest BCUT2D eigenvalue weighted by atomic mass is 10.2. The molecule has 0 bridgehead atoms. The minimum absolute atomic E-state index is 0.210. The maximum Gasteiger partial charge on any atom is 0.275 e. The van der Waals surface area contributed by atoms with E-state index in [9.17, 15) is 4.79 Å². The van der Waals surface area contributed by atoms with Crippen LogP contribution in [0.5, 0.6) is 11.5 Å². The van der Waals surface area contributed by atoms with E-state index in [0.717, 1.165) is 10.4 Å². The third-order valence-corrected chi connectivity index (χ3v) is 4.00. The molecule has 0 spiro atoms. The van der Waals surface area contributed by atoms with Gasteiger partial charge in [-0.15, -0.1) is 11.3 Å². The van der Waals surface area contributed by atoms with Gasteiger partial charge in [-0.3, -0.25) is 4.79 Å². The molecule has 0 fully saturated rings. The summed E-state index contributed by atoms with van der Waals surface area (Å²) in [6.07, 6.45) is 1.77. The van der Waals surface area contributed by atoms with Gasteiger partial charge in [-0.25, -0.2) is 4.99 Å². The maximum atomic E-state index is 12.0. The van der Waals surface area contributed by atoms with E-state index in [1.54, 1.807) is 43.8 Å². The second-order valence-corrected chi connectivity index (χ2v) is 5.51. The van der Waals surface area contributed by atoms with Gasteiger partial charge in [-0.2, -0.15) is 0 Å². The number of ether oxygens (including phenoxy) is 2. The number of methoxy groups -OCH3 is 2. The molecule has 112 valence electrons. The average molecular weight is 314 g/mol. The van der Waals surface area contributed by atoms with Gasteiger partial charge in [0.05, 0.1) is 14.2 Å². The lowest BCUT2D eigenvalue weighted by Crippen LogP contribution is -2.24. The largest absolute Gasteiger partial charge is 0.493 e. The van der Waals surface area contributed by atoms with Gasteiger partial charge in [-0.1, -0.05) is 6.07 Å². The number of hydrogen-bond acceptors (Lipinski definition) is 5. The molecule has 0 radical (unpaired) electrons. The van der Waals surface area contributed by atoms with E-state index in [1.807, 2.05) is 23.6 Å². The first-order valence-electron chi connectivity index (χ1n) is 6.59. The number of hydrogen-bond donors (Lipinski definition) is 1. The molecule has 1 aliphatic heterocycles. The van der Waals surface area contributed by atoms with Crippen molar-refractivity contribution in [1.82, 2.24) is 5.32 Å². The van der Waals surface area contributed by atoms with Crippen LogP contribution in [0, 0.1) is 0 Å². The fourth-order valence-electron chi connectivity index (χ4n) is 2.10.